The predicted octanol–water partition coefficient (Wildman–Crippen LogP) is 2.41. The van der Waals surface area contributed by atoms with Gasteiger partial charge in [-0.3, -0.25) is 0 Å². The summed E-state index contributed by atoms with van der Waals surface area (Å²) in [6.45, 7) is -0.131. The van der Waals surface area contributed by atoms with Crippen LogP contribution >= 0.6 is 11.6 Å². The third-order valence-electron chi connectivity index (χ3n) is 2.11. The molecule has 0 aliphatic rings. The van der Waals surface area contributed by atoms with E-state index in [-0.39, 0.29) is 23.2 Å². The zero-order valence-electron chi connectivity index (χ0n) is 9.01. The van der Waals surface area contributed by atoms with Crippen LogP contribution in [0.1, 0.15) is 10.5 Å². The average molecular weight is 271 g/mol. The van der Waals surface area contributed by atoms with Crippen molar-refractivity contribution >= 4 is 17.6 Å². The molecule has 2 aromatic rings. The summed E-state index contributed by atoms with van der Waals surface area (Å²) < 4.78 is 19.6. The van der Waals surface area contributed by atoms with E-state index in [2.05, 4.69) is 5.10 Å². The number of ether oxygens (including phenoxy) is 1. The summed E-state index contributed by atoms with van der Waals surface area (Å²) in [7, 11) is 0. The molecule has 1 heterocycles. The number of hydrogen-bond donors (Lipinski definition) is 1. The molecule has 5 nitrogen and oxygen atoms in total. The van der Waals surface area contributed by atoms with Crippen molar-refractivity contribution in [3.8, 4) is 5.75 Å². The SMILES string of the molecule is O=C(O)c1nn(COc2ccccc2F)cc1Cl. The van der Waals surface area contributed by atoms with Gasteiger partial charge in [0.25, 0.3) is 0 Å². The lowest BCUT2D eigenvalue weighted by Gasteiger charge is -2.06. The highest BCUT2D eigenvalue weighted by atomic mass is 35.5. The molecule has 7 heteroatoms. The minimum absolute atomic E-state index is 0.000339. The molecule has 0 saturated heterocycles. The molecule has 1 N–H and O–H groups in total. The van der Waals surface area contributed by atoms with Gasteiger partial charge >= 0.3 is 5.97 Å². The topological polar surface area (TPSA) is 64.3 Å². The molecule has 1 aromatic carbocycles. The first-order chi connectivity index (χ1) is 8.58. The lowest BCUT2D eigenvalue weighted by molar-refractivity contribution is 0.0688. The van der Waals surface area contributed by atoms with Gasteiger partial charge in [-0.25, -0.2) is 13.9 Å². The highest BCUT2D eigenvalue weighted by Crippen LogP contribution is 2.17. The molecule has 2 rings (SSSR count). The molecular formula is C11H8ClFN2O3. The Morgan fingerprint density at radius 2 is 2.22 bits per heavy atom. The molecule has 94 valence electrons. The number of hydrogen-bond acceptors (Lipinski definition) is 3. The van der Waals surface area contributed by atoms with E-state index in [1.807, 2.05) is 0 Å². The first-order valence-electron chi connectivity index (χ1n) is 4.91. The molecule has 1 aromatic heterocycles. The highest BCUT2D eigenvalue weighted by molar-refractivity contribution is 6.33. The number of carboxylic acids is 1. The third kappa shape index (κ3) is 2.60. The van der Waals surface area contributed by atoms with Crippen molar-refractivity contribution in [2.45, 2.75) is 6.73 Å². The van der Waals surface area contributed by atoms with Gasteiger partial charge in [-0.2, -0.15) is 5.10 Å². The van der Waals surface area contributed by atoms with Crippen LogP contribution in [0.5, 0.6) is 5.75 Å². The van der Waals surface area contributed by atoms with Gasteiger partial charge in [-0.05, 0) is 12.1 Å². The van der Waals surface area contributed by atoms with Crippen LogP contribution in [0.2, 0.25) is 5.02 Å². The zero-order chi connectivity index (χ0) is 13.1. The fraction of sp³-hybridized carbons (Fsp3) is 0.0909. The smallest absolute Gasteiger partial charge is 0.357 e. The monoisotopic (exact) mass is 270 g/mol. The number of halogens is 2. The van der Waals surface area contributed by atoms with E-state index >= 15 is 0 Å². The number of aromatic nitrogens is 2. The van der Waals surface area contributed by atoms with E-state index in [1.165, 1.54) is 29.1 Å². The van der Waals surface area contributed by atoms with Crippen molar-refractivity contribution in [2.24, 2.45) is 0 Å². The van der Waals surface area contributed by atoms with Crippen LogP contribution in [-0.2, 0) is 6.73 Å². The maximum atomic E-state index is 13.2. The van der Waals surface area contributed by atoms with Gasteiger partial charge < -0.3 is 9.84 Å². The molecule has 0 aliphatic carbocycles. The summed E-state index contributed by atoms with van der Waals surface area (Å²) in [6, 6.07) is 5.87. The second kappa shape index (κ2) is 5.05. The van der Waals surface area contributed by atoms with Crippen LogP contribution in [0.25, 0.3) is 0 Å². The molecule has 0 fully saturated rings. The van der Waals surface area contributed by atoms with Gasteiger partial charge in [-0.15, -0.1) is 0 Å². The molecule has 0 amide bonds. The Morgan fingerprint density at radius 3 is 2.83 bits per heavy atom. The number of aromatic carboxylic acids is 1. The normalized spacial score (nSPS) is 10.3. The number of benzene rings is 1. The van der Waals surface area contributed by atoms with Gasteiger partial charge in [-0.1, -0.05) is 23.7 Å². The molecule has 18 heavy (non-hydrogen) atoms. The Bertz CT molecular complexity index is 585. The number of para-hydroxylation sites is 1. The van der Waals surface area contributed by atoms with E-state index in [4.69, 9.17) is 21.4 Å². The van der Waals surface area contributed by atoms with E-state index < -0.39 is 11.8 Å². The number of rotatable bonds is 4. The fourth-order valence-electron chi connectivity index (χ4n) is 1.31. The average Bonchev–Trinajstić information content (AvgIpc) is 2.70. The zero-order valence-corrected chi connectivity index (χ0v) is 9.76. The maximum Gasteiger partial charge on any atom is 0.357 e. The van der Waals surface area contributed by atoms with Gasteiger partial charge in [0, 0.05) is 6.20 Å². The van der Waals surface area contributed by atoms with Crippen LogP contribution in [-0.4, -0.2) is 20.9 Å². The van der Waals surface area contributed by atoms with Crippen LogP contribution in [0, 0.1) is 5.82 Å². The Hall–Kier alpha value is -2.08. The molecule has 0 spiro atoms. The highest BCUT2D eigenvalue weighted by Gasteiger charge is 2.14. The van der Waals surface area contributed by atoms with E-state index in [0.717, 1.165) is 0 Å². The van der Waals surface area contributed by atoms with Gasteiger partial charge in [0.05, 0.1) is 5.02 Å². The summed E-state index contributed by atoms with van der Waals surface area (Å²) in [5.41, 5.74) is -0.270. The van der Waals surface area contributed by atoms with Crippen LogP contribution in [0.3, 0.4) is 0 Å². The van der Waals surface area contributed by atoms with Gasteiger partial charge in [0.2, 0.25) is 0 Å². The summed E-state index contributed by atoms with van der Waals surface area (Å²) in [4.78, 5) is 10.7. The lowest BCUT2D eigenvalue weighted by Crippen LogP contribution is -2.08. The molecule has 0 bridgehead atoms. The number of nitrogens with zero attached hydrogens (tertiary/aromatic N) is 2. The minimum atomic E-state index is -1.23. The van der Waals surface area contributed by atoms with Gasteiger partial charge in [0.1, 0.15) is 0 Å². The largest absolute Gasteiger partial charge is 0.476 e. The first-order valence-corrected chi connectivity index (χ1v) is 5.29. The summed E-state index contributed by atoms with van der Waals surface area (Å²) in [5.74, 6) is -1.68. The van der Waals surface area contributed by atoms with Crippen molar-refractivity contribution in [1.29, 1.82) is 0 Å². The number of carboxylic acid groups (broad SMARTS) is 1. The van der Waals surface area contributed by atoms with E-state index in [9.17, 15) is 9.18 Å². The lowest BCUT2D eigenvalue weighted by atomic mass is 10.3. The Balaban J connectivity index is 2.09. The third-order valence-corrected chi connectivity index (χ3v) is 2.39. The molecule has 0 saturated carbocycles. The van der Waals surface area contributed by atoms with Crippen molar-refractivity contribution in [3.05, 3.63) is 47.0 Å². The van der Waals surface area contributed by atoms with E-state index in [0.29, 0.717) is 0 Å². The molecule has 0 unspecified atom stereocenters. The summed E-state index contributed by atoms with van der Waals surface area (Å²) in [6.07, 6.45) is 1.30. The minimum Gasteiger partial charge on any atom is -0.476 e. The Kier molecular flexibility index (Phi) is 3.47. The van der Waals surface area contributed by atoms with Gasteiger partial charge in [0.15, 0.2) is 24.0 Å². The van der Waals surface area contributed by atoms with Crippen molar-refractivity contribution in [2.75, 3.05) is 0 Å². The van der Waals surface area contributed by atoms with Crippen molar-refractivity contribution < 1.29 is 19.0 Å². The van der Waals surface area contributed by atoms with Crippen LogP contribution in [0.15, 0.2) is 30.5 Å². The molecule has 0 atom stereocenters. The Morgan fingerprint density at radius 1 is 1.50 bits per heavy atom. The fourth-order valence-corrected chi connectivity index (χ4v) is 1.54. The summed E-state index contributed by atoms with van der Waals surface area (Å²) >= 11 is 5.66. The van der Waals surface area contributed by atoms with E-state index in [1.54, 1.807) is 6.07 Å². The summed E-state index contributed by atoms with van der Waals surface area (Å²) in [5, 5.41) is 12.4. The van der Waals surface area contributed by atoms with Crippen molar-refractivity contribution in [1.82, 2.24) is 9.78 Å². The second-order valence-corrected chi connectivity index (χ2v) is 3.78. The standard InChI is InChI=1S/C11H8ClFN2O3/c12-7-5-15(14-10(7)11(16)17)6-18-9-4-2-1-3-8(9)13/h1-5H,6H2,(H,16,17). The Labute approximate surface area is 106 Å². The molecule has 0 aliphatic heterocycles. The predicted molar refractivity (Wildman–Crippen MR) is 61.2 cm³/mol. The first kappa shape index (κ1) is 12.4. The molecular weight excluding hydrogens is 263 g/mol. The molecule has 0 radical (unpaired) electrons. The van der Waals surface area contributed by atoms with Crippen LogP contribution in [0.4, 0.5) is 4.39 Å². The van der Waals surface area contributed by atoms with Crippen molar-refractivity contribution in [3.63, 3.8) is 0 Å². The quantitative estimate of drug-likeness (QED) is 0.927. The second-order valence-electron chi connectivity index (χ2n) is 3.37. The van der Waals surface area contributed by atoms with Crippen LogP contribution < -0.4 is 4.74 Å². The maximum absolute atomic E-state index is 13.2. The number of carbonyl (C=O) groups is 1.